The van der Waals surface area contributed by atoms with E-state index in [-0.39, 0.29) is 5.91 Å². The molecule has 0 radical (unpaired) electrons. The molecule has 5 rings (SSSR count). The van der Waals surface area contributed by atoms with E-state index < -0.39 is 6.67 Å². The molecule has 5 heteroatoms. The molecule has 3 heterocycles. The van der Waals surface area contributed by atoms with E-state index in [4.69, 9.17) is 0 Å². The molecule has 3 aliphatic rings. The van der Waals surface area contributed by atoms with Crippen LogP contribution in [0.25, 0.3) is 0 Å². The summed E-state index contributed by atoms with van der Waals surface area (Å²) in [5.74, 6) is 0.778. The van der Waals surface area contributed by atoms with E-state index in [1.165, 1.54) is 16.7 Å². The molecule has 2 aromatic rings. The topological polar surface area (TPSA) is 35.6 Å². The first kappa shape index (κ1) is 20.7. The molecule has 1 amide bonds. The first-order valence-corrected chi connectivity index (χ1v) is 11.7. The van der Waals surface area contributed by atoms with Crippen LogP contribution in [-0.4, -0.2) is 47.9 Å². The lowest BCUT2D eigenvalue weighted by Crippen LogP contribution is -2.46. The molecule has 1 atom stereocenters. The van der Waals surface area contributed by atoms with E-state index in [0.717, 1.165) is 76.1 Å². The van der Waals surface area contributed by atoms with Crippen LogP contribution in [0.15, 0.2) is 42.5 Å². The molecule has 3 aliphatic heterocycles. The molecule has 2 saturated heterocycles. The van der Waals surface area contributed by atoms with Gasteiger partial charge in [-0.2, -0.15) is 0 Å². The zero-order valence-electron chi connectivity index (χ0n) is 18.2. The molecular weight excluding hydrogens is 389 g/mol. The molecule has 0 saturated carbocycles. The number of amides is 1. The minimum absolute atomic E-state index is 0.212. The Hall–Kier alpha value is -2.24. The molecule has 0 aromatic heterocycles. The molecule has 2 fully saturated rings. The second-order valence-electron chi connectivity index (χ2n) is 9.35. The van der Waals surface area contributed by atoms with Gasteiger partial charge in [0, 0.05) is 31.2 Å². The number of rotatable bonds is 5. The maximum atomic E-state index is 12.9. The molecule has 0 bridgehead atoms. The van der Waals surface area contributed by atoms with E-state index in [1.54, 1.807) is 0 Å². The number of halogens is 1. The van der Waals surface area contributed by atoms with Crippen molar-refractivity contribution in [3.63, 3.8) is 0 Å². The molecule has 1 unspecified atom stereocenters. The Bertz CT molecular complexity index is 915. The van der Waals surface area contributed by atoms with Crippen LogP contribution in [-0.2, 0) is 19.8 Å². The van der Waals surface area contributed by atoms with Gasteiger partial charge in [-0.05, 0) is 79.6 Å². The first-order chi connectivity index (χ1) is 15.2. The highest BCUT2D eigenvalue weighted by Gasteiger charge is 2.34. The third-order valence-electron chi connectivity index (χ3n) is 7.32. The maximum Gasteiger partial charge on any atom is 0.254 e. The fourth-order valence-electron chi connectivity index (χ4n) is 5.43. The van der Waals surface area contributed by atoms with Gasteiger partial charge in [-0.15, -0.1) is 0 Å². The smallest absolute Gasteiger partial charge is 0.254 e. The van der Waals surface area contributed by atoms with Crippen molar-refractivity contribution in [2.45, 2.75) is 57.4 Å². The summed E-state index contributed by atoms with van der Waals surface area (Å²) < 4.78 is 12.7. The molecular formula is C26H32FN3O. The third-order valence-corrected chi connectivity index (χ3v) is 7.32. The molecule has 0 spiro atoms. The zero-order chi connectivity index (χ0) is 21.2. The number of nitrogens with one attached hydrogen (secondary N) is 1. The van der Waals surface area contributed by atoms with Crippen LogP contribution >= 0.6 is 0 Å². The number of nitrogens with zero attached hydrogens (tertiary/aromatic N) is 2. The van der Waals surface area contributed by atoms with Crippen molar-refractivity contribution >= 4 is 5.91 Å². The Morgan fingerprint density at radius 3 is 2.48 bits per heavy atom. The normalized spacial score (nSPS) is 22.7. The number of likely N-dealkylation sites (tertiary alicyclic amines) is 1. The molecule has 0 aliphatic carbocycles. The van der Waals surface area contributed by atoms with Crippen molar-refractivity contribution in [1.82, 2.24) is 15.1 Å². The molecule has 164 valence electrons. The molecule has 4 nitrogen and oxygen atoms in total. The van der Waals surface area contributed by atoms with Crippen molar-refractivity contribution in [2.75, 3.05) is 26.2 Å². The summed E-state index contributed by atoms with van der Waals surface area (Å²) >= 11 is 0. The predicted molar refractivity (Wildman–Crippen MR) is 121 cm³/mol. The van der Waals surface area contributed by atoms with Crippen molar-refractivity contribution in [3.05, 3.63) is 70.3 Å². The second kappa shape index (κ2) is 9.09. The Morgan fingerprint density at radius 1 is 1.00 bits per heavy atom. The van der Waals surface area contributed by atoms with Crippen LogP contribution in [0.2, 0.25) is 0 Å². The Morgan fingerprint density at radius 2 is 1.77 bits per heavy atom. The van der Waals surface area contributed by atoms with Gasteiger partial charge in [0.05, 0.1) is 0 Å². The summed E-state index contributed by atoms with van der Waals surface area (Å²) in [5, 5.41) is 3.43. The standard InChI is InChI=1S/C26H32FN3O/c27-15-19-3-5-20(6-4-19)17-29-12-9-21(10-13-29)22-7-8-25-23(14-22)18-30(26(25)31)24-2-1-11-28-16-24/h3-8,14,21,24,28H,1-2,9-13,15-18H2. The molecule has 2 aromatic carbocycles. The lowest BCUT2D eigenvalue weighted by molar-refractivity contribution is 0.0674. The maximum absolute atomic E-state index is 12.9. The minimum Gasteiger partial charge on any atom is -0.330 e. The average molecular weight is 422 g/mol. The van der Waals surface area contributed by atoms with E-state index in [9.17, 15) is 9.18 Å². The van der Waals surface area contributed by atoms with Crippen LogP contribution < -0.4 is 5.32 Å². The number of fused-ring (bicyclic) bond motifs is 1. The van der Waals surface area contributed by atoms with Crippen molar-refractivity contribution < 1.29 is 9.18 Å². The Labute approximate surface area is 184 Å². The van der Waals surface area contributed by atoms with Crippen LogP contribution in [0.5, 0.6) is 0 Å². The fraction of sp³-hybridized carbons (Fsp3) is 0.500. The summed E-state index contributed by atoms with van der Waals surface area (Å²) in [6, 6.07) is 14.8. The predicted octanol–water partition coefficient (Wildman–Crippen LogP) is 4.24. The number of carbonyl (C=O) groups is 1. The highest BCUT2D eigenvalue weighted by Crippen LogP contribution is 2.33. The highest BCUT2D eigenvalue weighted by atomic mass is 19.1. The SMILES string of the molecule is O=C1c2ccc(C3CCN(Cc4ccc(CF)cc4)CC3)cc2CN1C1CCCNC1. The van der Waals surface area contributed by atoms with Crippen LogP contribution in [0.4, 0.5) is 4.39 Å². The fourth-order valence-corrected chi connectivity index (χ4v) is 5.43. The largest absolute Gasteiger partial charge is 0.330 e. The van der Waals surface area contributed by atoms with E-state index in [2.05, 4.69) is 33.3 Å². The number of hydrogen-bond donors (Lipinski definition) is 1. The van der Waals surface area contributed by atoms with Crippen molar-refractivity contribution in [3.8, 4) is 0 Å². The third kappa shape index (κ3) is 4.39. The Kier molecular flexibility index (Phi) is 6.06. The molecule has 1 N–H and O–H groups in total. The number of piperidine rings is 2. The lowest BCUT2D eigenvalue weighted by Gasteiger charge is -2.32. The lowest BCUT2D eigenvalue weighted by atomic mass is 9.87. The number of carbonyl (C=O) groups excluding carboxylic acids is 1. The number of benzene rings is 2. The quantitative estimate of drug-likeness (QED) is 0.784. The first-order valence-electron chi connectivity index (χ1n) is 11.7. The van der Waals surface area contributed by atoms with Gasteiger partial charge >= 0.3 is 0 Å². The van der Waals surface area contributed by atoms with Crippen LogP contribution in [0, 0.1) is 0 Å². The van der Waals surface area contributed by atoms with Crippen molar-refractivity contribution in [1.29, 1.82) is 0 Å². The van der Waals surface area contributed by atoms with Gasteiger partial charge in [0.1, 0.15) is 6.67 Å². The van der Waals surface area contributed by atoms with E-state index in [0.29, 0.717) is 12.0 Å². The Balaban J connectivity index is 1.19. The number of alkyl halides is 1. The highest BCUT2D eigenvalue weighted by molar-refractivity contribution is 5.98. The summed E-state index contributed by atoms with van der Waals surface area (Å²) in [4.78, 5) is 17.5. The van der Waals surface area contributed by atoms with E-state index >= 15 is 0 Å². The van der Waals surface area contributed by atoms with Gasteiger partial charge in [-0.3, -0.25) is 9.69 Å². The van der Waals surface area contributed by atoms with Crippen molar-refractivity contribution in [2.24, 2.45) is 0 Å². The second-order valence-corrected chi connectivity index (χ2v) is 9.35. The van der Waals surface area contributed by atoms with Gasteiger partial charge in [-0.1, -0.05) is 36.4 Å². The number of hydrogen-bond acceptors (Lipinski definition) is 3. The van der Waals surface area contributed by atoms with Gasteiger partial charge in [0.15, 0.2) is 0 Å². The summed E-state index contributed by atoms with van der Waals surface area (Å²) in [6.45, 7) is 5.44. The van der Waals surface area contributed by atoms with Gasteiger partial charge in [0.25, 0.3) is 5.91 Å². The van der Waals surface area contributed by atoms with Gasteiger partial charge in [-0.25, -0.2) is 4.39 Å². The van der Waals surface area contributed by atoms with Gasteiger partial charge in [0.2, 0.25) is 0 Å². The summed E-state index contributed by atoms with van der Waals surface area (Å²) in [5.41, 5.74) is 5.51. The summed E-state index contributed by atoms with van der Waals surface area (Å²) in [6.07, 6.45) is 4.54. The molecule has 31 heavy (non-hydrogen) atoms. The van der Waals surface area contributed by atoms with Crippen LogP contribution in [0.3, 0.4) is 0 Å². The summed E-state index contributed by atoms with van der Waals surface area (Å²) in [7, 11) is 0. The van der Waals surface area contributed by atoms with Crippen LogP contribution in [0.1, 0.15) is 64.2 Å². The van der Waals surface area contributed by atoms with E-state index in [1.807, 2.05) is 24.3 Å². The van der Waals surface area contributed by atoms with Gasteiger partial charge < -0.3 is 10.2 Å². The average Bonchev–Trinajstić information content (AvgIpc) is 3.16. The minimum atomic E-state index is -0.395. The monoisotopic (exact) mass is 421 g/mol. The zero-order valence-corrected chi connectivity index (χ0v) is 18.2.